The van der Waals surface area contributed by atoms with Crippen molar-refractivity contribution >= 4 is 24.0 Å². The van der Waals surface area contributed by atoms with Crippen molar-refractivity contribution in [2.45, 2.75) is 19.8 Å². The molecule has 3 fully saturated rings. The maximum absolute atomic E-state index is 13.0. The molecule has 1 spiro atoms. The lowest BCUT2D eigenvalue weighted by Gasteiger charge is -2.18. The Hall–Kier alpha value is -3.48. The third-order valence-electron chi connectivity index (χ3n) is 7.44. The molecule has 2 aromatic rings. The van der Waals surface area contributed by atoms with E-state index in [2.05, 4.69) is 17.3 Å². The number of imide groups is 1. The molecule has 1 aliphatic heterocycles. The van der Waals surface area contributed by atoms with E-state index in [9.17, 15) is 14.4 Å². The highest BCUT2D eigenvalue weighted by Crippen LogP contribution is 2.73. The molecule has 2 bridgehead atoms. The van der Waals surface area contributed by atoms with Crippen molar-refractivity contribution in [1.82, 2.24) is 5.01 Å². The Bertz CT molecular complexity index is 1150. The van der Waals surface area contributed by atoms with Crippen molar-refractivity contribution in [3.63, 3.8) is 0 Å². The number of fused-ring (bicyclic) bond motifs is 3. The van der Waals surface area contributed by atoms with E-state index in [0.717, 1.165) is 23.4 Å². The van der Waals surface area contributed by atoms with E-state index < -0.39 is 0 Å². The predicted octanol–water partition coefficient (Wildman–Crippen LogP) is 3.65. The minimum Gasteiger partial charge on any atom is -0.462 e. The fourth-order valence-corrected chi connectivity index (χ4v) is 5.85. The molecule has 2 amide bonds. The highest BCUT2D eigenvalue weighted by molar-refractivity contribution is 6.07. The number of hydrogen-bond donors (Lipinski definition) is 0. The van der Waals surface area contributed by atoms with E-state index in [0.29, 0.717) is 23.7 Å². The molecule has 1 saturated heterocycles. The molecule has 4 aliphatic rings. The number of rotatable bonds is 5. The van der Waals surface area contributed by atoms with Crippen molar-refractivity contribution in [2.75, 3.05) is 6.61 Å². The minimum absolute atomic E-state index is 0.176. The Morgan fingerprint density at radius 2 is 1.75 bits per heavy atom. The fraction of sp³-hybridized carbons (Fsp3) is 0.360. The first-order chi connectivity index (χ1) is 15.5. The van der Waals surface area contributed by atoms with E-state index in [4.69, 9.17) is 9.15 Å². The van der Waals surface area contributed by atoms with Crippen LogP contribution in [0.2, 0.25) is 0 Å². The third kappa shape index (κ3) is 2.60. The van der Waals surface area contributed by atoms with Gasteiger partial charge in [0.25, 0.3) is 11.8 Å². The zero-order valence-electron chi connectivity index (χ0n) is 17.6. The maximum atomic E-state index is 13.0. The summed E-state index contributed by atoms with van der Waals surface area (Å²) in [6, 6.07) is 10.4. The van der Waals surface area contributed by atoms with Gasteiger partial charge in [-0.1, -0.05) is 24.3 Å². The number of amides is 2. The van der Waals surface area contributed by atoms with Gasteiger partial charge in [0.15, 0.2) is 0 Å². The summed E-state index contributed by atoms with van der Waals surface area (Å²) in [5, 5.41) is 5.23. The Morgan fingerprint density at radius 1 is 1.09 bits per heavy atom. The summed E-state index contributed by atoms with van der Waals surface area (Å²) in [6.07, 6.45) is 7.92. The van der Waals surface area contributed by atoms with Gasteiger partial charge in [0.1, 0.15) is 11.5 Å². The number of furan rings is 1. The van der Waals surface area contributed by atoms with Gasteiger partial charge in [-0.3, -0.25) is 9.59 Å². The van der Waals surface area contributed by atoms with Gasteiger partial charge >= 0.3 is 5.97 Å². The molecule has 0 radical (unpaired) electrons. The summed E-state index contributed by atoms with van der Waals surface area (Å²) in [5.74, 6) is 0.115. The van der Waals surface area contributed by atoms with Gasteiger partial charge in [-0.05, 0) is 61.3 Å². The van der Waals surface area contributed by atoms with Gasteiger partial charge in [0, 0.05) is 5.56 Å². The van der Waals surface area contributed by atoms with Crippen LogP contribution < -0.4 is 0 Å². The molecular weight excluding hydrogens is 408 g/mol. The number of carbonyl (C=O) groups excluding carboxylic acids is 3. The number of ether oxygens (including phenoxy) is 1. The van der Waals surface area contributed by atoms with Crippen LogP contribution in [0, 0.1) is 29.1 Å². The molecule has 1 aromatic carbocycles. The van der Waals surface area contributed by atoms with E-state index in [1.165, 1.54) is 6.21 Å². The average molecular weight is 430 g/mol. The third-order valence-corrected chi connectivity index (χ3v) is 7.44. The highest BCUT2D eigenvalue weighted by atomic mass is 16.5. The molecule has 2 heterocycles. The van der Waals surface area contributed by atoms with Gasteiger partial charge in [0.05, 0.1) is 30.2 Å². The van der Waals surface area contributed by atoms with Crippen LogP contribution in [0.1, 0.15) is 35.9 Å². The van der Waals surface area contributed by atoms with Crippen molar-refractivity contribution in [2.24, 2.45) is 34.2 Å². The zero-order chi connectivity index (χ0) is 22.0. The first-order valence-corrected chi connectivity index (χ1v) is 11.0. The number of hydrogen-bond acceptors (Lipinski definition) is 6. The number of carbonyl (C=O) groups is 3. The van der Waals surface area contributed by atoms with E-state index >= 15 is 0 Å². The lowest BCUT2D eigenvalue weighted by molar-refractivity contribution is -0.141. The lowest BCUT2D eigenvalue weighted by Crippen LogP contribution is -2.30. The van der Waals surface area contributed by atoms with E-state index in [-0.39, 0.29) is 46.9 Å². The quantitative estimate of drug-likeness (QED) is 0.313. The van der Waals surface area contributed by atoms with Gasteiger partial charge in [-0.15, -0.1) is 0 Å². The second kappa shape index (κ2) is 6.76. The Labute approximate surface area is 184 Å². The molecule has 7 nitrogen and oxygen atoms in total. The lowest BCUT2D eigenvalue weighted by atomic mass is 9.85. The topological polar surface area (TPSA) is 89.2 Å². The van der Waals surface area contributed by atoms with Crippen LogP contribution >= 0.6 is 0 Å². The molecule has 0 N–H and O–H groups in total. The molecule has 3 aliphatic carbocycles. The van der Waals surface area contributed by atoms with Crippen LogP contribution in [0.5, 0.6) is 0 Å². The predicted molar refractivity (Wildman–Crippen MR) is 114 cm³/mol. The van der Waals surface area contributed by atoms with Crippen molar-refractivity contribution < 1.29 is 23.5 Å². The largest absolute Gasteiger partial charge is 0.462 e. The average Bonchev–Trinajstić information content (AvgIpc) is 3.08. The van der Waals surface area contributed by atoms with Crippen LogP contribution in [0.4, 0.5) is 0 Å². The highest BCUT2D eigenvalue weighted by Gasteiger charge is 2.73. The first kappa shape index (κ1) is 19.2. The molecule has 32 heavy (non-hydrogen) atoms. The molecule has 1 aromatic heterocycles. The Balaban J connectivity index is 1.17. The Morgan fingerprint density at radius 3 is 2.34 bits per heavy atom. The number of esters is 1. The maximum Gasteiger partial charge on any atom is 0.338 e. The van der Waals surface area contributed by atoms with Crippen molar-refractivity contribution in [3.8, 4) is 11.3 Å². The second-order valence-electron chi connectivity index (χ2n) is 8.95. The monoisotopic (exact) mass is 430 g/mol. The van der Waals surface area contributed by atoms with E-state index in [1.807, 2.05) is 0 Å². The van der Waals surface area contributed by atoms with Crippen LogP contribution in [0.15, 0.2) is 58.1 Å². The van der Waals surface area contributed by atoms with Crippen LogP contribution in [-0.2, 0) is 14.3 Å². The molecule has 4 unspecified atom stereocenters. The first-order valence-electron chi connectivity index (χ1n) is 11.0. The Kier molecular flexibility index (Phi) is 4.06. The van der Waals surface area contributed by atoms with Crippen LogP contribution in [0.25, 0.3) is 11.3 Å². The summed E-state index contributed by atoms with van der Waals surface area (Å²) in [5.41, 5.74) is 1.43. The molecule has 4 atom stereocenters. The van der Waals surface area contributed by atoms with Gasteiger partial charge in [-0.25, -0.2) is 4.79 Å². The SMILES string of the molecule is CCOC(=O)c1ccc(-c2ccc(/C=N/N3C(=O)C4C(C3=O)C3C=CC4C34CC4)o2)cc1. The van der Waals surface area contributed by atoms with Gasteiger partial charge < -0.3 is 9.15 Å². The van der Waals surface area contributed by atoms with E-state index in [1.54, 1.807) is 43.3 Å². The molecule has 162 valence electrons. The van der Waals surface area contributed by atoms with Crippen molar-refractivity contribution in [1.29, 1.82) is 0 Å². The number of hydrazone groups is 1. The van der Waals surface area contributed by atoms with Gasteiger partial charge in [0.2, 0.25) is 0 Å². The number of allylic oxidation sites excluding steroid dienone is 2. The summed E-state index contributed by atoms with van der Waals surface area (Å²) in [7, 11) is 0. The minimum atomic E-state index is -0.368. The van der Waals surface area contributed by atoms with Crippen molar-refractivity contribution in [3.05, 3.63) is 59.9 Å². The zero-order valence-corrected chi connectivity index (χ0v) is 17.6. The summed E-state index contributed by atoms with van der Waals surface area (Å²) in [6.45, 7) is 2.09. The number of nitrogens with zero attached hydrogens (tertiary/aromatic N) is 2. The molecule has 2 saturated carbocycles. The molecule has 7 heteroatoms. The summed E-state index contributed by atoms with van der Waals surface area (Å²) < 4.78 is 10.8. The smallest absolute Gasteiger partial charge is 0.338 e. The van der Waals surface area contributed by atoms with Gasteiger partial charge in [-0.2, -0.15) is 10.1 Å². The fourth-order valence-electron chi connectivity index (χ4n) is 5.85. The van der Waals surface area contributed by atoms with Crippen LogP contribution in [0.3, 0.4) is 0 Å². The molecular formula is C25H22N2O5. The van der Waals surface area contributed by atoms with Crippen LogP contribution in [-0.4, -0.2) is 35.6 Å². The normalized spacial score (nSPS) is 28.8. The molecule has 6 rings (SSSR count). The number of benzene rings is 1. The second-order valence-corrected chi connectivity index (χ2v) is 8.95. The summed E-state index contributed by atoms with van der Waals surface area (Å²) in [4.78, 5) is 37.7. The summed E-state index contributed by atoms with van der Waals surface area (Å²) >= 11 is 0. The standard InChI is InChI=1S/C25H22N2O5/c1-2-31-24(30)15-5-3-14(4-6-15)19-10-7-16(32-19)13-26-27-22(28)20-17-8-9-18(21(20)23(27)29)25(17)11-12-25/h3-10,13,17-18,20-21H,2,11-12H2,1H3/b26-13+.